The SMILES string of the molecule is CN1CCC[C@H](C(=O)Nc2ccccc2C(N)=O)C1. The van der Waals surface area contributed by atoms with Crippen LogP contribution in [0.5, 0.6) is 0 Å². The predicted molar refractivity (Wildman–Crippen MR) is 73.8 cm³/mol. The van der Waals surface area contributed by atoms with Gasteiger partial charge >= 0.3 is 0 Å². The molecule has 0 spiro atoms. The van der Waals surface area contributed by atoms with Crippen molar-refractivity contribution in [2.75, 3.05) is 25.5 Å². The summed E-state index contributed by atoms with van der Waals surface area (Å²) >= 11 is 0. The second-order valence-electron chi connectivity index (χ2n) is 5.00. The van der Waals surface area contributed by atoms with Crippen molar-refractivity contribution in [3.05, 3.63) is 29.8 Å². The smallest absolute Gasteiger partial charge is 0.250 e. The van der Waals surface area contributed by atoms with Gasteiger partial charge in [-0.05, 0) is 38.6 Å². The Morgan fingerprint density at radius 2 is 2.11 bits per heavy atom. The fourth-order valence-electron chi connectivity index (χ4n) is 2.42. The maximum atomic E-state index is 12.2. The van der Waals surface area contributed by atoms with Gasteiger partial charge in [0.2, 0.25) is 5.91 Å². The maximum Gasteiger partial charge on any atom is 0.250 e. The van der Waals surface area contributed by atoms with Crippen LogP contribution in [0.1, 0.15) is 23.2 Å². The lowest BCUT2D eigenvalue weighted by Crippen LogP contribution is -2.38. The van der Waals surface area contributed by atoms with Gasteiger partial charge in [-0.2, -0.15) is 0 Å². The third-order valence-electron chi connectivity index (χ3n) is 3.45. The molecule has 19 heavy (non-hydrogen) atoms. The van der Waals surface area contributed by atoms with Crippen LogP contribution >= 0.6 is 0 Å². The van der Waals surface area contributed by atoms with Crippen LogP contribution in [0.2, 0.25) is 0 Å². The largest absolute Gasteiger partial charge is 0.366 e. The first-order valence-corrected chi connectivity index (χ1v) is 6.46. The zero-order valence-corrected chi connectivity index (χ0v) is 11.1. The Morgan fingerprint density at radius 1 is 1.37 bits per heavy atom. The first-order chi connectivity index (χ1) is 9.08. The number of piperidine rings is 1. The number of benzene rings is 1. The fraction of sp³-hybridized carbons (Fsp3) is 0.429. The van der Waals surface area contributed by atoms with Crippen molar-refractivity contribution in [1.29, 1.82) is 0 Å². The molecule has 2 amide bonds. The Hall–Kier alpha value is -1.88. The number of likely N-dealkylation sites (tertiary alicyclic amines) is 1. The van der Waals surface area contributed by atoms with E-state index in [9.17, 15) is 9.59 Å². The highest BCUT2D eigenvalue weighted by molar-refractivity contribution is 6.03. The molecule has 1 atom stereocenters. The molecule has 1 aliphatic heterocycles. The molecule has 1 saturated heterocycles. The summed E-state index contributed by atoms with van der Waals surface area (Å²) in [4.78, 5) is 25.6. The summed E-state index contributed by atoms with van der Waals surface area (Å²) in [5.74, 6) is -0.600. The Morgan fingerprint density at radius 3 is 2.79 bits per heavy atom. The number of amides is 2. The number of nitrogens with two attached hydrogens (primary N) is 1. The number of rotatable bonds is 3. The number of para-hydroxylation sites is 1. The van der Waals surface area contributed by atoms with Crippen LogP contribution in [0, 0.1) is 5.92 Å². The van der Waals surface area contributed by atoms with Crippen molar-refractivity contribution in [2.45, 2.75) is 12.8 Å². The number of hydrogen-bond acceptors (Lipinski definition) is 3. The second-order valence-corrected chi connectivity index (χ2v) is 5.00. The molecule has 1 aromatic rings. The van der Waals surface area contributed by atoms with Gasteiger partial charge < -0.3 is 16.0 Å². The number of hydrogen-bond donors (Lipinski definition) is 2. The van der Waals surface area contributed by atoms with Crippen LogP contribution in [-0.2, 0) is 4.79 Å². The molecule has 2 rings (SSSR count). The molecule has 102 valence electrons. The minimum Gasteiger partial charge on any atom is -0.366 e. The summed E-state index contributed by atoms with van der Waals surface area (Å²) in [5, 5.41) is 2.82. The van der Waals surface area contributed by atoms with Gasteiger partial charge in [-0.3, -0.25) is 9.59 Å². The number of nitrogens with zero attached hydrogens (tertiary/aromatic N) is 1. The molecule has 5 nitrogen and oxygen atoms in total. The van der Waals surface area contributed by atoms with E-state index >= 15 is 0 Å². The normalized spacial score (nSPS) is 19.9. The fourth-order valence-corrected chi connectivity index (χ4v) is 2.42. The zero-order valence-electron chi connectivity index (χ0n) is 11.1. The molecule has 0 bridgehead atoms. The second kappa shape index (κ2) is 5.84. The van der Waals surface area contributed by atoms with Crippen molar-refractivity contribution in [3.63, 3.8) is 0 Å². The van der Waals surface area contributed by atoms with Gasteiger partial charge in [0.15, 0.2) is 0 Å². The van der Waals surface area contributed by atoms with E-state index in [1.54, 1.807) is 24.3 Å². The van der Waals surface area contributed by atoms with Crippen LogP contribution < -0.4 is 11.1 Å². The van der Waals surface area contributed by atoms with Crippen molar-refractivity contribution in [2.24, 2.45) is 11.7 Å². The summed E-state index contributed by atoms with van der Waals surface area (Å²) in [6.07, 6.45) is 1.90. The van der Waals surface area contributed by atoms with Gasteiger partial charge in [0.05, 0.1) is 17.2 Å². The number of nitrogens with one attached hydrogen (secondary N) is 1. The summed E-state index contributed by atoms with van der Waals surface area (Å²) in [6.45, 7) is 1.78. The molecular weight excluding hydrogens is 242 g/mol. The first kappa shape index (κ1) is 13.5. The number of carbonyl (C=O) groups excluding carboxylic acids is 2. The number of anilines is 1. The molecule has 5 heteroatoms. The van der Waals surface area contributed by atoms with Crippen molar-refractivity contribution in [1.82, 2.24) is 4.90 Å². The van der Waals surface area contributed by atoms with Gasteiger partial charge in [0, 0.05) is 6.54 Å². The van der Waals surface area contributed by atoms with Crippen molar-refractivity contribution in [3.8, 4) is 0 Å². The molecule has 1 aliphatic rings. The summed E-state index contributed by atoms with van der Waals surface area (Å²) in [7, 11) is 2.01. The lowest BCUT2D eigenvalue weighted by Gasteiger charge is -2.28. The number of carbonyl (C=O) groups is 2. The van der Waals surface area contributed by atoms with Gasteiger partial charge in [-0.15, -0.1) is 0 Å². The van der Waals surface area contributed by atoms with Gasteiger partial charge in [-0.25, -0.2) is 0 Å². The molecule has 0 saturated carbocycles. The van der Waals surface area contributed by atoms with E-state index in [2.05, 4.69) is 10.2 Å². The third-order valence-corrected chi connectivity index (χ3v) is 3.45. The minimum atomic E-state index is -0.531. The molecule has 1 heterocycles. The molecule has 0 aromatic heterocycles. The van der Waals surface area contributed by atoms with Crippen LogP contribution in [0.25, 0.3) is 0 Å². The monoisotopic (exact) mass is 261 g/mol. The molecule has 1 fully saturated rings. The van der Waals surface area contributed by atoms with Gasteiger partial charge in [-0.1, -0.05) is 12.1 Å². The first-order valence-electron chi connectivity index (χ1n) is 6.46. The molecule has 0 radical (unpaired) electrons. The Kier molecular flexibility index (Phi) is 4.16. The topological polar surface area (TPSA) is 75.4 Å². The van der Waals surface area contributed by atoms with Crippen molar-refractivity contribution >= 4 is 17.5 Å². The summed E-state index contributed by atoms with van der Waals surface area (Å²) in [5.41, 5.74) is 6.13. The van der Waals surface area contributed by atoms with E-state index in [0.717, 1.165) is 25.9 Å². The summed E-state index contributed by atoms with van der Waals surface area (Å²) < 4.78 is 0. The van der Waals surface area contributed by atoms with Crippen LogP contribution in [0.3, 0.4) is 0 Å². The third kappa shape index (κ3) is 3.32. The Labute approximate surface area is 112 Å². The lowest BCUT2D eigenvalue weighted by atomic mass is 9.97. The lowest BCUT2D eigenvalue weighted by molar-refractivity contribution is -0.121. The average molecular weight is 261 g/mol. The van der Waals surface area contributed by atoms with E-state index in [4.69, 9.17) is 5.73 Å². The maximum absolute atomic E-state index is 12.2. The van der Waals surface area contributed by atoms with Gasteiger partial charge in [0.1, 0.15) is 0 Å². The highest BCUT2D eigenvalue weighted by atomic mass is 16.2. The van der Waals surface area contributed by atoms with Crippen LogP contribution in [-0.4, -0.2) is 36.9 Å². The summed E-state index contributed by atoms with van der Waals surface area (Å²) in [6, 6.07) is 6.81. The van der Waals surface area contributed by atoms with Crippen molar-refractivity contribution < 1.29 is 9.59 Å². The predicted octanol–water partition coefficient (Wildman–Crippen LogP) is 1.07. The van der Waals surface area contributed by atoms with Gasteiger partial charge in [0.25, 0.3) is 5.91 Å². The standard InChI is InChI=1S/C14H19N3O2/c1-17-8-4-5-10(9-17)14(19)16-12-7-3-2-6-11(12)13(15)18/h2-3,6-7,10H,4-5,8-9H2,1H3,(H2,15,18)(H,16,19)/t10-/m0/s1. The molecule has 0 aliphatic carbocycles. The zero-order chi connectivity index (χ0) is 13.8. The average Bonchev–Trinajstić information content (AvgIpc) is 2.39. The Balaban J connectivity index is 2.08. The highest BCUT2D eigenvalue weighted by Gasteiger charge is 2.24. The molecule has 3 N–H and O–H groups in total. The van der Waals surface area contributed by atoms with E-state index in [1.165, 1.54) is 0 Å². The van der Waals surface area contributed by atoms with E-state index in [1.807, 2.05) is 7.05 Å². The molecular formula is C14H19N3O2. The minimum absolute atomic E-state index is 0.0281. The van der Waals surface area contributed by atoms with E-state index in [0.29, 0.717) is 11.3 Å². The van der Waals surface area contributed by atoms with Crippen LogP contribution in [0.4, 0.5) is 5.69 Å². The molecule has 0 unspecified atom stereocenters. The molecule has 1 aromatic carbocycles. The highest BCUT2D eigenvalue weighted by Crippen LogP contribution is 2.19. The van der Waals surface area contributed by atoms with E-state index in [-0.39, 0.29) is 11.8 Å². The van der Waals surface area contributed by atoms with Crippen LogP contribution in [0.15, 0.2) is 24.3 Å². The van der Waals surface area contributed by atoms with E-state index < -0.39 is 5.91 Å². The quantitative estimate of drug-likeness (QED) is 0.854. The Bertz CT molecular complexity index is 487. The number of primary amides is 1.